The Morgan fingerprint density at radius 1 is 0.529 bits per heavy atom. The van der Waals surface area contributed by atoms with E-state index in [9.17, 15) is 0 Å². The maximum Gasteiger partial charge on any atom is 0.0540 e. The van der Waals surface area contributed by atoms with Crippen LogP contribution in [0.1, 0.15) is 0 Å². The van der Waals surface area contributed by atoms with Gasteiger partial charge in [-0.3, -0.25) is 0 Å². The minimum absolute atomic E-state index is 1.24. The number of hydrogen-bond acceptors (Lipinski definition) is 0. The van der Waals surface area contributed by atoms with Crippen molar-refractivity contribution in [2.75, 3.05) is 0 Å². The van der Waals surface area contributed by atoms with Gasteiger partial charge in [0, 0.05) is 17.0 Å². The molecule has 0 aliphatic heterocycles. The molecule has 1 nitrogen and oxygen atoms in total. The molecule has 0 saturated carbocycles. The predicted octanol–water partition coefficient (Wildman–Crippen LogP) is 4.47. The third kappa shape index (κ3) is 1.08. The zero-order chi connectivity index (χ0) is 11.2. The Hall–Kier alpha value is -2.28. The molecule has 0 aliphatic rings. The van der Waals surface area contributed by atoms with Gasteiger partial charge in [0.1, 0.15) is 0 Å². The maximum absolute atomic E-state index is 3.35. The van der Waals surface area contributed by atoms with Crippen LogP contribution in [0.25, 0.3) is 32.4 Å². The minimum Gasteiger partial charge on any atom is -0.361 e. The third-order valence-corrected chi connectivity index (χ3v) is 3.45. The normalized spacial score (nSPS) is 11.5. The second-order valence-corrected chi connectivity index (χ2v) is 4.36. The molecule has 1 heterocycles. The smallest absolute Gasteiger partial charge is 0.0540 e. The van der Waals surface area contributed by atoms with Crippen molar-refractivity contribution in [3.05, 3.63) is 60.8 Å². The Morgan fingerprint density at radius 3 is 1.65 bits per heavy atom. The van der Waals surface area contributed by atoms with Gasteiger partial charge in [0.2, 0.25) is 0 Å². The van der Waals surface area contributed by atoms with Gasteiger partial charge in [-0.2, -0.15) is 0 Å². The summed E-state index contributed by atoms with van der Waals surface area (Å²) in [5.74, 6) is 0. The number of aromatic nitrogens is 1. The fourth-order valence-corrected chi connectivity index (χ4v) is 2.71. The average Bonchev–Trinajstić information content (AvgIpc) is 2.89. The van der Waals surface area contributed by atoms with Gasteiger partial charge < -0.3 is 4.98 Å². The largest absolute Gasteiger partial charge is 0.361 e. The first kappa shape index (κ1) is 8.82. The van der Waals surface area contributed by atoms with Crippen LogP contribution in [0.15, 0.2) is 60.8 Å². The molecule has 0 amide bonds. The molecule has 0 saturated heterocycles. The molecule has 17 heavy (non-hydrogen) atoms. The maximum atomic E-state index is 3.35. The molecule has 1 N–H and O–H groups in total. The summed E-state index contributed by atoms with van der Waals surface area (Å²) in [6, 6.07) is 19.3. The van der Waals surface area contributed by atoms with E-state index < -0.39 is 0 Å². The van der Waals surface area contributed by atoms with Gasteiger partial charge >= 0.3 is 0 Å². The summed E-state index contributed by atoms with van der Waals surface area (Å²) in [5.41, 5.74) is 1.24. The van der Waals surface area contributed by atoms with Crippen molar-refractivity contribution in [3.8, 4) is 0 Å². The number of aromatic amines is 1. The molecule has 0 aliphatic carbocycles. The Bertz CT molecular complexity index is 770. The number of hydrogen-bond donors (Lipinski definition) is 1. The van der Waals surface area contributed by atoms with E-state index >= 15 is 0 Å². The summed E-state index contributed by atoms with van der Waals surface area (Å²) >= 11 is 0. The topological polar surface area (TPSA) is 15.8 Å². The number of fused-ring (bicyclic) bond motifs is 6. The lowest BCUT2D eigenvalue weighted by Gasteiger charge is -2.06. The molecular weight excluding hydrogens is 206 g/mol. The quantitative estimate of drug-likeness (QED) is 0.418. The van der Waals surface area contributed by atoms with Crippen LogP contribution in [0, 0.1) is 0 Å². The minimum atomic E-state index is 1.24. The molecule has 0 unspecified atom stereocenters. The molecule has 1 aromatic heterocycles. The molecular formula is C16H11N. The Labute approximate surface area is 98.7 Å². The van der Waals surface area contributed by atoms with Crippen molar-refractivity contribution in [1.82, 2.24) is 4.98 Å². The number of H-pyrrole nitrogens is 1. The van der Waals surface area contributed by atoms with Gasteiger partial charge in [-0.05, 0) is 22.2 Å². The highest BCUT2D eigenvalue weighted by Crippen LogP contribution is 2.33. The van der Waals surface area contributed by atoms with E-state index in [1.54, 1.807) is 0 Å². The van der Waals surface area contributed by atoms with Gasteiger partial charge in [-0.1, -0.05) is 48.5 Å². The van der Waals surface area contributed by atoms with E-state index in [2.05, 4.69) is 59.6 Å². The molecule has 0 fully saturated rings. The summed E-state index contributed by atoms with van der Waals surface area (Å²) in [6.07, 6.45) is 2.02. The lowest BCUT2D eigenvalue weighted by Crippen LogP contribution is -1.80. The lowest BCUT2D eigenvalue weighted by atomic mass is 9.98. The van der Waals surface area contributed by atoms with Crippen LogP contribution >= 0.6 is 0 Å². The highest BCUT2D eigenvalue weighted by atomic mass is 14.7. The van der Waals surface area contributed by atoms with Crippen molar-refractivity contribution < 1.29 is 0 Å². The highest BCUT2D eigenvalue weighted by Gasteiger charge is 2.07. The van der Waals surface area contributed by atoms with Crippen molar-refractivity contribution in [2.24, 2.45) is 0 Å². The SMILES string of the molecule is c1ccc2c(c1)c1ccccc1c1[nH]ccc21. The molecule has 0 atom stereocenters. The van der Waals surface area contributed by atoms with Crippen molar-refractivity contribution in [1.29, 1.82) is 0 Å². The van der Waals surface area contributed by atoms with E-state index in [0.29, 0.717) is 0 Å². The molecule has 0 spiro atoms. The number of nitrogens with one attached hydrogen (secondary N) is 1. The molecule has 4 aromatic rings. The molecule has 0 radical (unpaired) electrons. The van der Waals surface area contributed by atoms with E-state index in [0.717, 1.165) is 0 Å². The van der Waals surface area contributed by atoms with Crippen LogP contribution in [-0.2, 0) is 0 Å². The van der Waals surface area contributed by atoms with E-state index in [-0.39, 0.29) is 0 Å². The van der Waals surface area contributed by atoms with Gasteiger partial charge in [0.05, 0.1) is 5.52 Å². The van der Waals surface area contributed by atoms with Crippen LogP contribution in [0.2, 0.25) is 0 Å². The van der Waals surface area contributed by atoms with Gasteiger partial charge in [0.15, 0.2) is 0 Å². The predicted molar refractivity (Wildman–Crippen MR) is 73.3 cm³/mol. The van der Waals surface area contributed by atoms with Crippen molar-refractivity contribution in [3.63, 3.8) is 0 Å². The fraction of sp³-hybridized carbons (Fsp3) is 0. The first-order valence-corrected chi connectivity index (χ1v) is 5.82. The van der Waals surface area contributed by atoms with Crippen LogP contribution in [-0.4, -0.2) is 4.98 Å². The van der Waals surface area contributed by atoms with Crippen molar-refractivity contribution in [2.45, 2.75) is 0 Å². The van der Waals surface area contributed by atoms with E-state index in [1.807, 2.05) is 6.20 Å². The second kappa shape index (κ2) is 3.11. The number of benzene rings is 3. The van der Waals surface area contributed by atoms with Crippen molar-refractivity contribution >= 4 is 32.4 Å². The Balaban J connectivity index is 2.48. The summed E-state index contributed by atoms with van der Waals surface area (Å²) < 4.78 is 0. The van der Waals surface area contributed by atoms with Crippen LogP contribution in [0.5, 0.6) is 0 Å². The average molecular weight is 217 g/mol. The van der Waals surface area contributed by atoms with Crippen LogP contribution in [0.4, 0.5) is 0 Å². The zero-order valence-corrected chi connectivity index (χ0v) is 9.27. The first-order chi connectivity index (χ1) is 8.45. The van der Waals surface area contributed by atoms with Crippen LogP contribution in [0.3, 0.4) is 0 Å². The zero-order valence-electron chi connectivity index (χ0n) is 9.27. The Morgan fingerprint density at radius 2 is 1.00 bits per heavy atom. The fourth-order valence-electron chi connectivity index (χ4n) is 2.71. The van der Waals surface area contributed by atoms with Gasteiger partial charge in [-0.25, -0.2) is 0 Å². The highest BCUT2D eigenvalue weighted by molar-refractivity contribution is 6.24. The standard InChI is InChI=1S/C16H11N/c1-2-7-13-11(5-1)12-6-3-4-8-14(12)16-15(13)9-10-17-16/h1-10,17H. The van der Waals surface area contributed by atoms with E-state index in [1.165, 1.54) is 32.4 Å². The molecule has 0 bridgehead atoms. The van der Waals surface area contributed by atoms with Crippen LogP contribution < -0.4 is 0 Å². The molecule has 3 aromatic carbocycles. The van der Waals surface area contributed by atoms with Gasteiger partial charge in [-0.15, -0.1) is 0 Å². The molecule has 4 rings (SSSR count). The third-order valence-electron chi connectivity index (χ3n) is 3.45. The second-order valence-electron chi connectivity index (χ2n) is 4.36. The summed E-state index contributed by atoms with van der Waals surface area (Å²) in [4.78, 5) is 3.35. The molecule has 80 valence electrons. The monoisotopic (exact) mass is 217 g/mol. The lowest BCUT2D eigenvalue weighted by molar-refractivity contribution is 1.49. The van der Waals surface area contributed by atoms with E-state index in [4.69, 9.17) is 0 Å². The van der Waals surface area contributed by atoms with Gasteiger partial charge in [0.25, 0.3) is 0 Å². The summed E-state index contributed by atoms with van der Waals surface area (Å²) in [7, 11) is 0. The Kier molecular flexibility index (Phi) is 1.61. The summed E-state index contributed by atoms with van der Waals surface area (Å²) in [5, 5.41) is 6.57. The molecule has 1 heteroatoms. The number of rotatable bonds is 0. The summed E-state index contributed by atoms with van der Waals surface area (Å²) in [6.45, 7) is 0. The first-order valence-electron chi connectivity index (χ1n) is 5.82.